The number of hydrogen-bond acceptors (Lipinski definition) is 4. The highest BCUT2D eigenvalue weighted by molar-refractivity contribution is 7.71. The standard InChI is InChI=1S/C19H25N3O3S/c1-4-22-18(24)14-6-5-12(9-15(14)21-19(22)26)17(23)20-10-13-7-8-25-16(13)11(2)3/h5-6,9,11,13,16H,4,7-8,10H2,1-3H3,(H,20,23)(H,21,26)/t13-,16-/m1/s1. The molecule has 0 bridgehead atoms. The first-order chi connectivity index (χ1) is 12.4. The number of aromatic amines is 1. The second-order valence-electron chi connectivity index (χ2n) is 7.08. The summed E-state index contributed by atoms with van der Waals surface area (Å²) in [5, 5.41) is 3.53. The number of H-pyrrole nitrogens is 1. The van der Waals surface area contributed by atoms with Gasteiger partial charge in [-0.3, -0.25) is 14.2 Å². The highest BCUT2D eigenvalue weighted by Crippen LogP contribution is 2.26. The molecule has 0 unspecified atom stereocenters. The third-order valence-electron chi connectivity index (χ3n) is 5.01. The van der Waals surface area contributed by atoms with Crippen molar-refractivity contribution in [1.29, 1.82) is 0 Å². The van der Waals surface area contributed by atoms with E-state index in [9.17, 15) is 9.59 Å². The van der Waals surface area contributed by atoms with E-state index in [1.807, 2.05) is 6.92 Å². The summed E-state index contributed by atoms with van der Waals surface area (Å²) in [5.74, 6) is 0.614. The number of amides is 1. The van der Waals surface area contributed by atoms with Crippen molar-refractivity contribution in [3.63, 3.8) is 0 Å². The van der Waals surface area contributed by atoms with Gasteiger partial charge in [-0.1, -0.05) is 13.8 Å². The van der Waals surface area contributed by atoms with Crippen molar-refractivity contribution in [2.24, 2.45) is 11.8 Å². The van der Waals surface area contributed by atoms with E-state index in [0.717, 1.165) is 13.0 Å². The lowest BCUT2D eigenvalue weighted by molar-refractivity contribution is 0.0533. The molecule has 2 atom stereocenters. The van der Waals surface area contributed by atoms with Gasteiger partial charge in [0.2, 0.25) is 0 Å². The zero-order chi connectivity index (χ0) is 18.8. The normalized spacial score (nSPS) is 20.0. The molecule has 1 aromatic heterocycles. The Hall–Kier alpha value is -1.99. The van der Waals surface area contributed by atoms with Crippen LogP contribution in [-0.4, -0.2) is 34.7 Å². The van der Waals surface area contributed by atoms with Gasteiger partial charge < -0.3 is 15.0 Å². The molecule has 1 aromatic carbocycles. The molecular formula is C19H25N3O3S. The fraction of sp³-hybridized carbons (Fsp3) is 0.526. The van der Waals surface area contributed by atoms with Crippen LogP contribution in [0.4, 0.5) is 0 Å². The van der Waals surface area contributed by atoms with Crippen molar-refractivity contribution < 1.29 is 9.53 Å². The average molecular weight is 375 g/mol. The van der Waals surface area contributed by atoms with Crippen molar-refractivity contribution in [2.75, 3.05) is 13.2 Å². The number of ether oxygens (including phenoxy) is 1. The molecule has 2 N–H and O–H groups in total. The van der Waals surface area contributed by atoms with Crippen LogP contribution in [0.25, 0.3) is 10.9 Å². The van der Waals surface area contributed by atoms with Gasteiger partial charge in [0, 0.05) is 31.2 Å². The molecule has 0 aliphatic carbocycles. The molecule has 0 spiro atoms. The number of fused-ring (bicyclic) bond motifs is 1. The Bertz CT molecular complexity index is 932. The minimum Gasteiger partial charge on any atom is -0.378 e. The Kier molecular flexibility index (Phi) is 5.58. The monoisotopic (exact) mass is 375 g/mol. The Labute approximate surface area is 157 Å². The number of rotatable bonds is 5. The fourth-order valence-corrected chi connectivity index (χ4v) is 3.94. The second-order valence-corrected chi connectivity index (χ2v) is 7.46. The molecule has 1 fully saturated rings. The van der Waals surface area contributed by atoms with Gasteiger partial charge >= 0.3 is 0 Å². The lowest BCUT2D eigenvalue weighted by Crippen LogP contribution is -2.35. The first-order valence-corrected chi connectivity index (χ1v) is 9.49. The summed E-state index contributed by atoms with van der Waals surface area (Å²) in [4.78, 5) is 28.0. The van der Waals surface area contributed by atoms with Gasteiger partial charge in [0.1, 0.15) is 0 Å². The van der Waals surface area contributed by atoms with Gasteiger partial charge in [0.05, 0.1) is 17.0 Å². The molecule has 1 aliphatic rings. The molecule has 1 saturated heterocycles. The average Bonchev–Trinajstić information content (AvgIpc) is 3.08. The lowest BCUT2D eigenvalue weighted by Gasteiger charge is -2.22. The molecule has 1 aliphatic heterocycles. The van der Waals surface area contributed by atoms with E-state index in [1.165, 1.54) is 4.57 Å². The van der Waals surface area contributed by atoms with Crippen LogP contribution >= 0.6 is 12.2 Å². The SMILES string of the molecule is CCn1c(=S)[nH]c2cc(C(=O)NC[C@H]3CCO[C@@H]3C(C)C)ccc2c1=O. The van der Waals surface area contributed by atoms with Crippen LogP contribution in [0.1, 0.15) is 37.6 Å². The highest BCUT2D eigenvalue weighted by Gasteiger charge is 2.30. The minimum atomic E-state index is -0.153. The molecule has 0 radical (unpaired) electrons. The number of nitrogens with one attached hydrogen (secondary N) is 2. The minimum absolute atomic E-state index is 0.138. The van der Waals surface area contributed by atoms with Gasteiger partial charge in [0.25, 0.3) is 11.5 Å². The number of nitrogens with zero attached hydrogens (tertiary/aromatic N) is 1. The molecule has 6 nitrogen and oxygen atoms in total. The van der Waals surface area contributed by atoms with Crippen molar-refractivity contribution in [1.82, 2.24) is 14.9 Å². The van der Waals surface area contributed by atoms with Gasteiger partial charge in [-0.2, -0.15) is 0 Å². The molecule has 1 amide bonds. The van der Waals surface area contributed by atoms with Gasteiger partial charge in [-0.05, 0) is 49.7 Å². The number of carbonyl (C=O) groups is 1. The van der Waals surface area contributed by atoms with Crippen LogP contribution in [0, 0.1) is 16.6 Å². The van der Waals surface area contributed by atoms with Crippen LogP contribution in [-0.2, 0) is 11.3 Å². The predicted octanol–water partition coefficient (Wildman–Crippen LogP) is 2.87. The maximum atomic E-state index is 12.5. The van der Waals surface area contributed by atoms with Crippen molar-refractivity contribution in [3.05, 3.63) is 38.9 Å². The molecule has 140 valence electrons. The summed E-state index contributed by atoms with van der Waals surface area (Å²) in [6.07, 6.45) is 1.15. The Morgan fingerprint density at radius 2 is 2.23 bits per heavy atom. The molecule has 2 aromatic rings. The largest absolute Gasteiger partial charge is 0.378 e. The summed E-state index contributed by atoms with van der Waals surface area (Å²) >= 11 is 5.23. The van der Waals surface area contributed by atoms with Crippen LogP contribution in [0.3, 0.4) is 0 Å². The first kappa shape index (κ1) is 18.8. The Morgan fingerprint density at radius 1 is 1.46 bits per heavy atom. The summed E-state index contributed by atoms with van der Waals surface area (Å²) in [7, 11) is 0. The third kappa shape index (κ3) is 3.59. The van der Waals surface area contributed by atoms with E-state index in [1.54, 1.807) is 18.2 Å². The van der Waals surface area contributed by atoms with Gasteiger partial charge in [-0.15, -0.1) is 0 Å². The van der Waals surface area contributed by atoms with Crippen LogP contribution in [0.5, 0.6) is 0 Å². The summed E-state index contributed by atoms with van der Waals surface area (Å²) < 4.78 is 7.64. The molecule has 2 heterocycles. The fourth-order valence-electron chi connectivity index (χ4n) is 3.62. The first-order valence-electron chi connectivity index (χ1n) is 9.09. The maximum Gasteiger partial charge on any atom is 0.262 e. The van der Waals surface area contributed by atoms with Gasteiger partial charge in [-0.25, -0.2) is 0 Å². The van der Waals surface area contributed by atoms with E-state index < -0.39 is 0 Å². The zero-order valence-corrected chi connectivity index (χ0v) is 16.2. The topological polar surface area (TPSA) is 76.1 Å². The van der Waals surface area contributed by atoms with Crippen LogP contribution < -0.4 is 10.9 Å². The van der Waals surface area contributed by atoms with E-state index in [-0.39, 0.29) is 17.6 Å². The van der Waals surface area contributed by atoms with Crippen LogP contribution in [0.2, 0.25) is 0 Å². The Morgan fingerprint density at radius 3 is 2.92 bits per heavy atom. The maximum absolute atomic E-state index is 12.5. The third-order valence-corrected chi connectivity index (χ3v) is 5.33. The molecule has 26 heavy (non-hydrogen) atoms. The predicted molar refractivity (Wildman–Crippen MR) is 104 cm³/mol. The summed E-state index contributed by atoms with van der Waals surface area (Å²) in [6, 6.07) is 5.05. The number of hydrogen-bond donors (Lipinski definition) is 2. The lowest BCUT2D eigenvalue weighted by atomic mass is 9.93. The molecule has 7 heteroatoms. The summed E-state index contributed by atoms with van der Waals surface area (Å²) in [5.41, 5.74) is 0.958. The second kappa shape index (κ2) is 7.72. The van der Waals surface area contributed by atoms with Crippen molar-refractivity contribution in [3.8, 4) is 0 Å². The molecule has 0 saturated carbocycles. The molecule has 3 rings (SSSR count). The highest BCUT2D eigenvalue weighted by atomic mass is 32.1. The van der Waals surface area contributed by atoms with Crippen LogP contribution in [0.15, 0.2) is 23.0 Å². The number of aromatic nitrogens is 2. The van der Waals surface area contributed by atoms with E-state index in [2.05, 4.69) is 24.1 Å². The Balaban J connectivity index is 1.79. The van der Waals surface area contributed by atoms with E-state index in [0.29, 0.717) is 46.2 Å². The van der Waals surface area contributed by atoms with E-state index in [4.69, 9.17) is 17.0 Å². The molecular weight excluding hydrogens is 350 g/mol. The van der Waals surface area contributed by atoms with Crippen molar-refractivity contribution in [2.45, 2.75) is 39.8 Å². The summed E-state index contributed by atoms with van der Waals surface area (Å²) in [6.45, 7) is 7.99. The quantitative estimate of drug-likeness (QED) is 0.788. The number of carbonyl (C=O) groups excluding carboxylic acids is 1. The van der Waals surface area contributed by atoms with Crippen molar-refractivity contribution >= 4 is 29.0 Å². The van der Waals surface area contributed by atoms with Gasteiger partial charge in [0.15, 0.2) is 4.77 Å². The van der Waals surface area contributed by atoms with E-state index >= 15 is 0 Å². The zero-order valence-electron chi connectivity index (χ0n) is 15.4. The number of benzene rings is 1. The smallest absolute Gasteiger partial charge is 0.262 e.